The molecule has 98 valence electrons. The number of hydrogen-bond acceptors (Lipinski definition) is 5. The fraction of sp³-hybridized carbons (Fsp3) is 0.400. The van der Waals surface area contributed by atoms with Gasteiger partial charge >= 0.3 is 11.8 Å². The molecule has 0 aliphatic rings. The highest BCUT2D eigenvalue weighted by molar-refractivity contribution is 5.91. The SMILES string of the molecule is CC(C)(C)OC(=O)Nc1c(C=O)[nH]c(=O)[nH]c1=O. The van der Waals surface area contributed by atoms with E-state index in [-0.39, 0.29) is 17.7 Å². The Morgan fingerprint density at radius 2 is 1.89 bits per heavy atom. The summed E-state index contributed by atoms with van der Waals surface area (Å²) in [6.45, 7) is 4.93. The summed E-state index contributed by atoms with van der Waals surface area (Å²) in [4.78, 5) is 48.4. The largest absolute Gasteiger partial charge is 0.444 e. The Hall–Kier alpha value is -2.38. The summed E-state index contributed by atoms with van der Waals surface area (Å²) in [5.74, 6) is 0. The molecule has 0 aliphatic heterocycles. The summed E-state index contributed by atoms with van der Waals surface area (Å²) in [6.07, 6.45) is -0.647. The molecule has 0 unspecified atom stereocenters. The molecule has 0 bridgehead atoms. The third-order valence-corrected chi connectivity index (χ3v) is 1.72. The van der Waals surface area contributed by atoms with Crippen molar-refractivity contribution < 1.29 is 14.3 Å². The molecule has 0 spiro atoms. The minimum absolute atomic E-state index is 0.253. The van der Waals surface area contributed by atoms with Gasteiger partial charge in [-0.15, -0.1) is 0 Å². The van der Waals surface area contributed by atoms with E-state index in [0.29, 0.717) is 0 Å². The van der Waals surface area contributed by atoms with Crippen molar-refractivity contribution in [2.24, 2.45) is 0 Å². The molecule has 0 fully saturated rings. The number of rotatable bonds is 2. The van der Waals surface area contributed by atoms with Crippen molar-refractivity contribution in [2.75, 3.05) is 5.32 Å². The molecule has 18 heavy (non-hydrogen) atoms. The van der Waals surface area contributed by atoms with Crippen LogP contribution in [0.1, 0.15) is 31.3 Å². The number of amides is 1. The van der Waals surface area contributed by atoms with Crippen molar-refractivity contribution in [3.05, 3.63) is 26.5 Å². The molecule has 0 saturated carbocycles. The highest BCUT2D eigenvalue weighted by atomic mass is 16.6. The second-order valence-corrected chi connectivity index (χ2v) is 4.44. The molecule has 8 nitrogen and oxygen atoms in total. The van der Waals surface area contributed by atoms with Crippen LogP contribution in [0.5, 0.6) is 0 Å². The lowest BCUT2D eigenvalue weighted by Gasteiger charge is -2.19. The van der Waals surface area contributed by atoms with Crippen LogP contribution in [0.3, 0.4) is 0 Å². The molecule has 0 aliphatic carbocycles. The second kappa shape index (κ2) is 4.86. The van der Waals surface area contributed by atoms with Crippen LogP contribution in [0.2, 0.25) is 0 Å². The number of aromatic amines is 2. The average Bonchev–Trinajstić information content (AvgIpc) is 2.18. The van der Waals surface area contributed by atoms with Gasteiger partial charge in [-0.05, 0) is 20.8 Å². The third-order valence-electron chi connectivity index (χ3n) is 1.72. The van der Waals surface area contributed by atoms with Gasteiger partial charge in [-0.3, -0.25) is 19.9 Å². The number of anilines is 1. The number of carbonyl (C=O) groups is 2. The van der Waals surface area contributed by atoms with Gasteiger partial charge in [0.25, 0.3) is 5.56 Å². The Kier molecular flexibility index (Phi) is 3.70. The van der Waals surface area contributed by atoms with Crippen LogP contribution in [0.4, 0.5) is 10.5 Å². The molecule has 3 N–H and O–H groups in total. The minimum atomic E-state index is -0.900. The number of aldehydes is 1. The van der Waals surface area contributed by atoms with E-state index in [1.54, 1.807) is 20.8 Å². The van der Waals surface area contributed by atoms with E-state index in [1.807, 2.05) is 4.98 Å². The Bertz CT molecular complexity index is 578. The van der Waals surface area contributed by atoms with Gasteiger partial charge in [-0.2, -0.15) is 0 Å². The normalized spacial score (nSPS) is 10.8. The zero-order valence-corrected chi connectivity index (χ0v) is 10.1. The zero-order valence-electron chi connectivity index (χ0n) is 10.1. The van der Waals surface area contributed by atoms with Gasteiger partial charge in [0, 0.05) is 0 Å². The predicted octanol–water partition coefficient (Wildman–Crippen LogP) is 0.223. The minimum Gasteiger partial charge on any atom is -0.444 e. The molecular weight excluding hydrogens is 242 g/mol. The van der Waals surface area contributed by atoms with Gasteiger partial charge in [0.1, 0.15) is 17.0 Å². The van der Waals surface area contributed by atoms with E-state index in [2.05, 4.69) is 10.3 Å². The molecule has 0 aromatic carbocycles. The van der Waals surface area contributed by atoms with E-state index in [4.69, 9.17) is 4.74 Å². The van der Waals surface area contributed by atoms with E-state index in [1.165, 1.54) is 0 Å². The third kappa shape index (κ3) is 3.58. The van der Waals surface area contributed by atoms with Crippen LogP contribution in [0.25, 0.3) is 0 Å². The number of nitrogens with one attached hydrogen (secondary N) is 3. The Labute approximate surface area is 101 Å². The predicted molar refractivity (Wildman–Crippen MR) is 62.9 cm³/mol. The van der Waals surface area contributed by atoms with Gasteiger partial charge in [-0.25, -0.2) is 9.59 Å². The molecule has 1 aromatic rings. The van der Waals surface area contributed by atoms with Crippen LogP contribution in [0, 0.1) is 0 Å². The Morgan fingerprint density at radius 3 is 2.39 bits per heavy atom. The van der Waals surface area contributed by atoms with Crippen molar-refractivity contribution in [1.82, 2.24) is 9.97 Å². The van der Waals surface area contributed by atoms with Crippen LogP contribution in [-0.4, -0.2) is 27.9 Å². The highest BCUT2D eigenvalue weighted by Gasteiger charge is 2.19. The standard InChI is InChI=1S/C10H13N3O5/c1-10(2,3)18-9(17)12-6-5(4-14)11-8(16)13-7(6)15/h4H,1-3H3,(H,12,17)(H2,11,13,15,16). The Balaban J connectivity index is 3.05. The molecule has 1 aromatic heterocycles. The molecule has 1 heterocycles. The quantitative estimate of drug-likeness (QED) is 0.653. The van der Waals surface area contributed by atoms with Gasteiger partial charge < -0.3 is 9.72 Å². The fourth-order valence-corrected chi connectivity index (χ4v) is 1.12. The second-order valence-electron chi connectivity index (χ2n) is 4.44. The van der Waals surface area contributed by atoms with Crippen LogP contribution in [0.15, 0.2) is 9.59 Å². The van der Waals surface area contributed by atoms with Crippen molar-refractivity contribution >= 4 is 18.1 Å². The lowest BCUT2D eigenvalue weighted by Crippen LogP contribution is -2.32. The first-order valence-corrected chi connectivity index (χ1v) is 5.04. The summed E-state index contributed by atoms with van der Waals surface area (Å²) >= 11 is 0. The summed E-state index contributed by atoms with van der Waals surface area (Å²) in [7, 11) is 0. The number of carbonyl (C=O) groups excluding carboxylic acids is 2. The topological polar surface area (TPSA) is 121 Å². The lowest BCUT2D eigenvalue weighted by atomic mass is 10.2. The number of H-pyrrole nitrogens is 2. The average molecular weight is 255 g/mol. The van der Waals surface area contributed by atoms with Crippen LogP contribution in [-0.2, 0) is 4.74 Å². The van der Waals surface area contributed by atoms with Gasteiger partial charge in [0.05, 0.1) is 0 Å². The van der Waals surface area contributed by atoms with Crippen molar-refractivity contribution in [2.45, 2.75) is 26.4 Å². The molecule has 0 atom stereocenters. The van der Waals surface area contributed by atoms with Crippen LogP contribution >= 0.6 is 0 Å². The fourth-order valence-electron chi connectivity index (χ4n) is 1.12. The first kappa shape index (κ1) is 13.7. The van der Waals surface area contributed by atoms with E-state index in [9.17, 15) is 19.2 Å². The molecule has 0 saturated heterocycles. The van der Waals surface area contributed by atoms with E-state index >= 15 is 0 Å². The first-order valence-electron chi connectivity index (χ1n) is 5.04. The summed E-state index contributed by atoms with van der Waals surface area (Å²) in [5.41, 5.74) is -3.16. The van der Waals surface area contributed by atoms with Gasteiger partial charge in [-0.1, -0.05) is 0 Å². The zero-order chi connectivity index (χ0) is 13.9. The molecule has 8 heteroatoms. The maximum absolute atomic E-state index is 11.4. The highest BCUT2D eigenvalue weighted by Crippen LogP contribution is 2.09. The van der Waals surface area contributed by atoms with Crippen molar-refractivity contribution in [3.63, 3.8) is 0 Å². The maximum atomic E-state index is 11.4. The number of hydrogen-bond donors (Lipinski definition) is 3. The molecule has 1 rings (SSSR count). The van der Waals surface area contributed by atoms with Crippen molar-refractivity contribution in [1.29, 1.82) is 0 Å². The van der Waals surface area contributed by atoms with Crippen LogP contribution < -0.4 is 16.6 Å². The number of ether oxygens (including phenoxy) is 1. The van der Waals surface area contributed by atoms with E-state index in [0.717, 1.165) is 0 Å². The maximum Gasteiger partial charge on any atom is 0.412 e. The summed E-state index contributed by atoms with van der Waals surface area (Å²) < 4.78 is 4.92. The molecule has 0 radical (unpaired) electrons. The van der Waals surface area contributed by atoms with Crippen molar-refractivity contribution in [3.8, 4) is 0 Å². The first-order chi connectivity index (χ1) is 8.23. The monoisotopic (exact) mass is 255 g/mol. The lowest BCUT2D eigenvalue weighted by molar-refractivity contribution is 0.0635. The van der Waals surface area contributed by atoms with Gasteiger partial charge in [0.2, 0.25) is 0 Å². The number of aromatic nitrogens is 2. The van der Waals surface area contributed by atoms with Gasteiger partial charge in [0.15, 0.2) is 6.29 Å². The van der Waals surface area contributed by atoms with E-state index < -0.39 is 22.9 Å². The summed E-state index contributed by atoms with van der Waals surface area (Å²) in [6, 6.07) is 0. The molecular formula is C10H13N3O5. The smallest absolute Gasteiger partial charge is 0.412 e. The Morgan fingerprint density at radius 1 is 1.28 bits per heavy atom. The summed E-state index contributed by atoms with van der Waals surface area (Å²) in [5, 5.41) is 2.11. The molecule has 1 amide bonds.